The molecular weight excluding hydrogens is 173 g/mol. The fourth-order valence-electron chi connectivity index (χ4n) is 0.394. The molecule has 0 aliphatic heterocycles. The predicted molar refractivity (Wildman–Crippen MR) is 29.4 cm³/mol. The van der Waals surface area contributed by atoms with Gasteiger partial charge in [-0.2, -0.15) is 0 Å². The molecule has 0 bridgehead atoms. The van der Waals surface area contributed by atoms with E-state index in [1.54, 1.807) is 6.92 Å². The minimum Gasteiger partial charge on any atom is -0.394 e. The van der Waals surface area contributed by atoms with E-state index < -0.39 is 12.2 Å². The molecule has 0 aliphatic carbocycles. The van der Waals surface area contributed by atoms with E-state index >= 15 is 0 Å². The summed E-state index contributed by atoms with van der Waals surface area (Å²) in [4.78, 5) is 0. The smallest absolute Gasteiger partial charge is 0.103 e. The van der Waals surface area contributed by atoms with Crippen LogP contribution in [0.5, 0.6) is 0 Å². The van der Waals surface area contributed by atoms with E-state index in [2.05, 4.69) is 0 Å². The molecule has 2 unspecified atom stereocenters. The van der Waals surface area contributed by atoms with E-state index in [4.69, 9.17) is 15.3 Å². The van der Waals surface area contributed by atoms with Gasteiger partial charge in [0.25, 0.3) is 0 Å². The van der Waals surface area contributed by atoms with E-state index in [0.717, 1.165) is 0 Å². The van der Waals surface area contributed by atoms with Gasteiger partial charge in [0.05, 0.1) is 12.7 Å². The normalized spacial score (nSPS) is 16.0. The van der Waals surface area contributed by atoms with Crippen LogP contribution in [0, 0.1) is 0 Å². The summed E-state index contributed by atoms with van der Waals surface area (Å²) in [5, 5.41) is 25.6. The van der Waals surface area contributed by atoms with Crippen molar-refractivity contribution in [3.8, 4) is 0 Å². The van der Waals surface area contributed by atoms with Crippen LogP contribution in [-0.4, -0.2) is 34.1 Å². The summed E-state index contributed by atoms with van der Waals surface area (Å²) in [7, 11) is 0. The van der Waals surface area contributed by atoms with Crippen LogP contribution in [-0.2, 0) is 19.5 Å². The van der Waals surface area contributed by atoms with Crippen molar-refractivity contribution >= 4 is 0 Å². The van der Waals surface area contributed by atoms with Crippen LogP contribution < -0.4 is 0 Å². The van der Waals surface area contributed by atoms with Crippen molar-refractivity contribution in [3.05, 3.63) is 0 Å². The first kappa shape index (κ1) is 12.2. The van der Waals surface area contributed by atoms with Crippen LogP contribution >= 0.6 is 0 Å². The molecule has 0 spiro atoms. The standard InChI is InChI=1S/C5H12O3.Zn/c1-2-4(7)5(8)3-6;/h4-8H,2-3H2,1H3;. The van der Waals surface area contributed by atoms with Crippen LogP contribution in [0.2, 0.25) is 0 Å². The van der Waals surface area contributed by atoms with E-state index in [0.29, 0.717) is 6.42 Å². The Balaban J connectivity index is 0. The van der Waals surface area contributed by atoms with Gasteiger partial charge >= 0.3 is 0 Å². The van der Waals surface area contributed by atoms with Gasteiger partial charge in [0, 0.05) is 19.5 Å². The molecule has 0 heterocycles. The monoisotopic (exact) mass is 184 g/mol. The second-order valence-corrected chi connectivity index (χ2v) is 1.73. The van der Waals surface area contributed by atoms with Gasteiger partial charge in [-0.05, 0) is 6.42 Å². The van der Waals surface area contributed by atoms with Gasteiger partial charge < -0.3 is 15.3 Å². The molecular formula is C5H12O3Zn. The fourth-order valence-corrected chi connectivity index (χ4v) is 0.394. The van der Waals surface area contributed by atoms with E-state index in [1.807, 2.05) is 0 Å². The molecule has 0 saturated carbocycles. The maximum atomic E-state index is 8.72. The number of hydrogen-bond acceptors (Lipinski definition) is 3. The third kappa shape index (κ3) is 4.97. The van der Waals surface area contributed by atoms with Crippen LogP contribution in [0.3, 0.4) is 0 Å². The average Bonchev–Trinajstić information content (AvgIpc) is 1.84. The van der Waals surface area contributed by atoms with E-state index in [1.165, 1.54) is 0 Å². The van der Waals surface area contributed by atoms with Crippen LogP contribution in [0.4, 0.5) is 0 Å². The minimum absolute atomic E-state index is 0. The average molecular weight is 186 g/mol. The molecule has 0 radical (unpaired) electrons. The second kappa shape index (κ2) is 6.62. The summed E-state index contributed by atoms with van der Waals surface area (Å²) in [6, 6.07) is 0. The summed E-state index contributed by atoms with van der Waals surface area (Å²) in [5.74, 6) is 0. The van der Waals surface area contributed by atoms with Gasteiger partial charge in [0.2, 0.25) is 0 Å². The zero-order valence-corrected chi connectivity index (χ0v) is 8.58. The van der Waals surface area contributed by atoms with E-state index in [-0.39, 0.29) is 26.1 Å². The molecule has 0 fully saturated rings. The molecule has 0 aliphatic rings. The third-order valence-electron chi connectivity index (χ3n) is 1.05. The van der Waals surface area contributed by atoms with Crippen LogP contribution in [0.25, 0.3) is 0 Å². The van der Waals surface area contributed by atoms with Gasteiger partial charge in [-0.3, -0.25) is 0 Å². The van der Waals surface area contributed by atoms with Gasteiger partial charge in [0.1, 0.15) is 6.10 Å². The molecule has 4 heteroatoms. The molecule has 0 rings (SSSR count). The minimum atomic E-state index is -0.972. The number of rotatable bonds is 3. The Morgan fingerprint density at radius 3 is 1.78 bits per heavy atom. The maximum Gasteiger partial charge on any atom is 0.103 e. The first-order valence-electron chi connectivity index (χ1n) is 2.69. The SMILES string of the molecule is CCC(O)C(O)CO.[Zn]. The Kier molecular flexibility index (Phi) is 8.98. The van der Waals surface area contributed by atoms with Gasteiger partial charge in [-0.15, -0.1) is 0 Å². The Morgan fingerprint density at radius 2 is 1.67 bits per heavy atom. The maximum absolute atomic E-state index is 8.72. The third-order valence-corrected chi connectivity index (χ3v) is 1.05. The predicted octanol–water partition coefficient (Wildman–Crippen LogP) is -0.892. The fraction of sp³-hybridized carbons (Fsp3) is 1.00. The molecule has 9 heavy (non-hydrogen) atoms. The van der Waals surface area contributed by atoms with Crippen molar-refractivity contribution < 1.29 is 34.8 Å². The van der Waals surface area contributed by atoms with Crippen LogP contribution in [0.1, 0.15) is 13.3 Å². The molecule has 52 valence electrons. The molecule has 0 aromatic carbocycles. The van der Waals surface area contributed by atoms with E-state index in [9.17, 15) is 0 Å². The largest absolute Gasteiger partial charge is 0.394 e. The number of hydrogen-bond donors (Lipinski definition) is 3. The second-order valence-electron chi connectivity index (χ2n) is 1.73. The molecule has 0 amide bonds. The number of aliphatic hydroxyl groups is 3. The molecule has 3 nitrogen and oxygen atoms in total. The molecule has 3 N–H and O–H groups in total. The summed E-state index contributed by atoms with van der Waals surface area (Å²) in [6.45, 7) is 1.37. The van der Waals surface area contributed by atoms with Crippen molar-refractivity contribution in [2.45, 2.75) is 25.6 Å². The van der Waals surface area contributed by atoms with Crippen LogP contribution in [0.15, 0.2) is 0 Å². The summed E-state index contributed by atoms with van der Waals surface area (Å²) in [5.41, 5.74) is 0. The first-order chi connectivity index (χ1) is 3.72. The zero-order valence-electron chi connectivity index (χ0n) is 5.62. The Labute approximate surface area is 67.5 Å². The van der Waals surface area contributed by atoms with Gasteiger partial charge in [0.15, 0.2) is 0 Å². The molecule has 0 aromatic heterocycles. The number of aliphatic hydroxyl groups excluding tert-OH is 3. The van der Waals surface area contributed by atoms with Gasteiger partial charge in [-0.1, -0.05) is 6.92 Å². The Hall–Kier alpha value is 0.503. The molecule has 2 atom stereocenters. The summed E-state index contributed by atoms with van der Waals surface area (Å²) < 4.78 is 0. The quantitative estimate of drug-likeness (QED) is 0.500. The van der Waals surface area contributed by atoms with Crippen molar-refractivity contribution in [1.29, 1.82) is 0 Å². The Morgan fingerprint density at radius 1 is 1.22 bits per heavy atom. The summed E-state index contributed by atoms with van der Waals surface area (Å²) >= 11 is 0. The van der Waals surface area contributed by atoms with Gasteiger partial charge in [-0.25, -0.2) is 0 Å². The van der Waals surface area contributed by atoms with Crippen molar-refractivity contribution in [3.63, 3.8) is 0 Å². The van der Waals surface area contributed by atoms with Crippen molar-refractivity contribution in [2.75, 3.05) is 6.61 Å². The summed E-state index contributed by atoms with van der Waals surface area (Å²) in [6.07, 6.45) is -1.28. The topological polar surface area (TPSA) is 60.7 Å². The van der Waals surface area contributed by atoms with Crippen molar-refractivity contribution in [2.24, 2.45) is 0 Å². The molecule has 0 saturated heterocycles. The van der Waals surface area contributed by atoms with Crippen molar-refractivity contribution in [1.82, 2.24) is 0 Å². The zero-order chi connectivity index (χ0) is 6.57. The first-order valence-corrected chi connectivity index (χ1v) is 2.69. The molecule has 0 aromatic rings. The Bertz CT molecular complexity index is 52.2.